The van der Waals surface area contributed by atoms with Gasteiger partial charge in [-0.15, -0.1) is 0 Å². The van der Waals surface area contributed by atoms with Crippen LogP contribution < -0.4 is 5.73 Å². The molecule has 0 bridgehead atoms. The van der Waals surface area contributed by atoms with E-state index in [1.807, 2.05) is 36.2 Å². The smallest absolute Gasteiger partial charge is 0.253 e. The summed E-state index contributed by atoms with van der Waals surface area (Å²) in [6.07, 6.45) is 7.37. The number of nitrogens with two attached hydrogens (primary N) is 1. The van der Waals surface area contributed by atoms with Gasteiger partial charge in [0.1, 0.15) is 0 Å². The molecule has 0 spiro atoms. The minimum absolute atomic E-state index is 0.127. The van der Waals surface area contributed by atoms with Crippen molar-refractivity contribution < 1.29 is 4.79 Å². The number of nitrogens with zero attached hydrogens (tertiary/aromatic N) is 1. The van der Waals surface area contributed by atoms with Crippen molar-refractivity contribution >= 4 is 5.91 Å². The minimum atomic E-state index is 0.127. The van der Waals surface area contributed by atoms with Crippen LogP contribution in [0.1, 0.15) is 54.4 Å². The summed E-state index contributed by atoms with van der Waals surface area (Å²) in [5, 5.41) is 0. The molecule has 0 radical (unpaired) electrons. The van der Waals surface area contributed by atoms with Gasteiger partial charge in [-0.2, -0.15) is 0 Å². The zero-order valence-electron chi connectivity index (χ0n) is 11.8. The average molecular weight is 260 g/mol. The maximum atomic E-state index is 12.5. The van der Waals surface area contributed by atoms with Gasteiger partial charge in [-0.1, -0.05) is 37.8 Å². The largest absolute Gasteiger partial charge is 0.339 e. The lowest BCUT2D eigenvalue weighted by molar-refractivity contribution is 0.0717. The normalized spacial score (nSPS) is 16.9. The predicted molar refractivity (Wildman–Crippen MR) is 77.9 cm³/mol. The van der Waals surface area contributed by atoms with E-state index in [-0.39, 0.29) is 5.91 Å². The lowest BCUT2D eigenvalue weighted by Gasteiger charge is -2.27. The number of hydrogen-bond acceptors (Lipinski definition) is 2. The highest BCUT2D eigenvalue weighted by atomic mass is 16.2. The molecule has 1 aromatic rings. The molecule has 1 saturated carbocycles. The van der Waals surface area contributed by atoms with Gasteiger partial charge in [0.25, 0.3) is 5.91 Å². The summed E-state index contributed by atoms with van der Waals surface area (Å²) in [4.78, 5) is 14.4. The number of hydrogen-bond donors (Lipinski definition) is 1. The Morgan fingerprint density at radius 2 is 1.95 bits per heavy atom. The van der Waals surface area contributed by atoms with Crippen molar-refractivity contribution in [2.24, 2.45) is 5.73 Å². The van der Waals surface area contributed by atoms with Crippen LogP contribution in [-0.2, 0) is 6.54 Å². The fraction of sp³-hybridized carbons (Fsp3) is 0.562. The predicted octanol–water partition coefficient (Wildman–Crippen LogP) is 2.94. The van der Waals surface area contributed by atoms with Crippen LogP contribution in [0.4, 0.5) is 0 Å². The third kappa shape index (κ3) is 3.57. The number of benzene rings is 1. The van der Waals surface area contributed by atoms with Crippen LogP contribution in [0.2, 0.25) is 0 Å². The molecule has 0 atom stereocenters. The zero-order valence-corrected chi connectivity index (χ0v) is 11.8. The molecule has 1 amide bonds. The number of carbonyl (C=O) groups is 1. The van der Waals surface area contributed by atoms with Gasteiger partial charge in [0.15, 0.2) is 0 Å². The van der Waals surface area contributed by atoms with E-state index in [9.17, 15) is 4.79 Å². The molecule has 104 valence electrons. The molecule has 1 aliphatic rings. The second kappa shape index (κ2) is 6.71. The summed E-state index contributed by atoms with van der Waals surface area (Å²) >= 11 is 0. The number of rotatable bonds is 3. The Kier molecular flexibility index (Phi) is 4.97. The van der Waals surface area contributed by atoms with E-state index in [4.69, 9.17) is 5.73 Å². The third-order valence-electron chi connectivity index (χ3n) is 4.10. The van der Waals surface area contributed by atoms with Crippen molar-refractivity contribution in [3.63, 3.8) is 0 Å². The van der Waals surface area contributed by atoms with Crippen LogP contribution in [0.15, 0.2) is 24.3 Å². The van der Waals surface area contributed by atoms with E-state index in [2.05, 4.69) is 0 Å². The van der Waals surface area contributed by atoms with Crippen LogP contribution in [-0.4, -0.2) is 23.9 Å². The van der Waals surface area contributed by atoms with E-state index < -0.39 is 0 Å². The van der Waals surface area contributed by atoms with E-state index in [1.54, 1.807) is 0 Å². The molecule has 1 fully saturated rings. The quantitative estimate of drug-likeness (QED) is 0.849. The first kappa shape index (κ1) is 14.1. The van der Waals surface area contributed by atoms with Crippen molar-refractivity contribution in [2.45, 2.75) is 51.1 Å². The maximum absolute atomic E-state index is 12.5. The Morgan fingerprint density at radius 1 is 1.26 bits per heavy atom. The fourth-order valence-electron chi connectivity index (χ4n) is 2.85. The fourth-order valence-corrected chi connectivity index (χ4v) is 2.85. The number of carbonyl (C=O) groups excluding carboxylic acids is 1. The molecule has 3 nitrogen and oxygen atoms in total. The minimum Gasteiger partial charge on any atom is -0.339 e. The maximum Gasteiger partial charge on any atom is 0.253 e. The molecule has 1 aliphatic carbocycles. The Hall–Kier alpha value is -1.35. The lowest BCUT2D eigenvalue weighted by Crippen LogP contribution is -2.36. The van der Waals surface area contributed by atoms with Crippen molar-refractivity contribution in [3.8, 4) is 0 Å². The van der Waals surface area contributed by atoms with Crippen molar-refractivity contribution in [3.05, 3.63) is 35.4 Å². The van der Waals surface area contributed by atoms with Crippen molar-refractivity contribution in [1.82, 2.24) is 4.90 Å². The van der Waals surface area contributed by atoms with Gasteiger partial charge in [-0.3, -0.25) is 4.79 Å². The number of amides is 1. The van der Waals surface area contributed by atoms with Gasteiger partial charge in [0.2, 0.25) is 0 Å². The van der Waals surface area contributed by atoms with E-state index >= 15 is 0 Å². The van der Waals surface area contributed by atoms with Crippen LogP contribution in [0, 0.1) is 0 Å². The summed E-state index contributed by atoms with van der Waals surface area (Å²) in [5.74, 6) is 0.127. The molecular formula is C16H24N2O. The second-order valence-corrected chi connectivity index (χ2v) is 5.47. The Bertz CT molecular complexity index is 423. The molecule has 3 heteroatoms. The topological polar surface area (TPSA) is 46.3 Å². The molecule has 0 saturated heterocycles. The molecule has 2 N–H and O–H groups in total. The Morgan fingerprint density at radius 3 is 2.58 bits per heavy atom. The molecule has 1 aromatic carbocycles. The molecule has 19 heavy (non-hydrogen) atoms. The monoisotopic (exact) mass is 260 g/mol. The van der Waals surface area contributed by atoms with Gasteiger partial charge in [0.05, 0.1) is 0 Å². The summed E-state index contributed by atoms with van der Waals surface area (Å²) < 4.78 is 0. The summed E-state index contributed by atoms with van der Waals surface area (Å²) in [7, 11) is 1.94. The highest BCUT2D eigenvalue weighted by molar-refractivity contribution is 5.94. The SMILES string of the molecule is CN(C(=O)c1cccc(CN)c1)C1CCCCCC1. The standard InChI is InChI=1S/C16H24N2O/c1-18(15-9-4-2-3-5-10-15)16(19)14-8-6-7-13(11-14)12-17/h6-8,11,15H,2-5,9-10,12,17H2,1H3. The van der Waals surface area contributed by atoms with Gasteiger partial charge in [-0.05, 0) is 30.5 Å². The molecule has 2 rings (SSSR count). The first-order valence-corrected chi connectivity index (χ1v) is 7.28. The summed E-state index contributed by atoms with van der Waals surface area (Å²) in [5.41, 5.74) is 7.41. The Labute approximate surface area is 115 Å². The van der Waals surface area contributed by atoms with Crippen LogP contribution in [0.25, 0.3) is 0 Å². The van der Waals surface area contributed by atoms with Crippen molar-refractivity contribution in [1.29, 1.82) is 0 Å². The van der Waals surface area contributed by atoms with E-state index in [1.165, 1.54) is 25.7 Å². The summed E-state index contributed by atoms with van der Waals surface area (Å²) in [6, 6.07) is 8.07. The highest BCUT2D eigenvalue weighted by Crippen LogP contribution is 2.22. The van der Waals surface area contributed by atoms with Crippen LogP contribution in [0.5, 0.6) is 0 Å². The average Bonchev–Trinajstić information content (AvgIpc) is 2.75. The zero-order chi connectivity index (χ0) is 13.7. The molecule has 0 aromatic heterocycles. The van der Waals surface area contributed by atoms with Gasteiger partial charge in [-0.25, -0.2) is 0 Å². The van der Waals surface area contributed by atoms with Crippen LogP contribution >= 0.6 is 0 Å². The second-order valence-electron chi connectivity index (χ2n) is 5.47. The first-order valence-electron chi connectivity index (χ1n) is 7.28. The lowest BCUT2D eigenvalue weighted by atomic mass is 10.1. The first-order chi connectivity index (χ1) is 9.22. The molecule has 0 unspecified atom stereocenters. The third-order valence-corrected chi connectivity index (χ3v) is 4.10. The van der Waals surface area contributed by atoms with E-state index in [0.29, 0.717) is 12.6 Å². The van der Waals surface area contributed by atoms with Gasteiger partial charge in [0, 0.05) is 25.2 Å². The molecule has 0 aliphatic heterocycles. The van der Waals surface area contributed by atoms with Gasteiger partial charge < -0.3 is 10.6 Å². The van der Waals surface area contributed by atoms with Crippen LogP contribution in [0.3, 0.4) is 0 Å². The summed E-state index contributed by atoms with van der Waals surface area (Å²) in [6.45, 7) is 0.480. The van der Waals surface area contributed by atoms with Gasteiger partial charge >= 0.3 is 0 Å². The van der Waals surface area contributed by atoms with Crippen molar-refractivity contribution in [2.75, 3.05) is 7.05 Å². The molecule has 0 heterocycles. The van der Waals surface area contributed by atoms with E-state index in [0.717, 1.165) is 24.0 Å². The highest BCUT2D eigenvalue weighted by Gasteiger charge is 2.22. The molecular weight excluding hydrogens is 236 g/mol. The Balaban J connectivity index is 2.08.